The van der Waals surface area contributed by atoms with Crippen molar-refractivity contribution >= 4 is 43.1 Å². The van der Waals surface area contributed by atoms with E-state index < -0.39 is 0 Å². The molecule has 214 valence electrons. The predicted octanol–water partition coefficient (Wildman–Crippen LogP) is 13.0. The van der Waals surface area contributed by atoms with Gasteiger partial charge in [0, 0.05) is 0 Å². The van der Waals surface area contributed by atoms with Gasteiger partial charge in [-0.3, -0.25) is 0 Å². The average molecular weight is 583 g/mol. The van der Waals surface area contributed by atoms with Crippen LogP contribution in [0.5, 0.6) is 0 Å². The molecule has 0 aliphatic rings. The third-order valence-corrected chi connectivity index (χ3v) is 9.43. The van der Waals surface area contributed by atoms with Crippen LogP contribution in [0, 0.1) is 0 Å². The van der Waals surface area contributed by atoms with E-state index in [4.69, 9.17) is 0 Å². The molecule has 0 aromatic heterocycles. The molecule has 0 aliphatic heterocycles. The molecule has 0 radical (unpaired) electrons. The number of benzene rings is 9. The van der Waals surface area contributed by atoms with Crippen molar-refractivity contribution in [1.82, 2.24) is 0 Å². The van der Waals surface area contributed by atoms with E-state index >= 15 is 0 Å². The Morgan fingerprint density at radius 3 is 0.739 bits per heavy atom. The second kappa shape index (κ2) is 10.9. The Hall–Kier alpha value is -5.98. The van der Waals surface area contributed by atoms with Gasteiger partial charge in [0.2, 0.25) is 0 Å². The molecule has 0 bridgehead atoms. The van der Waals surface area contributed by atoms with Crippen LogP contribution in [0.25, 0.3) is 87.6 Å². The van der Waals surface area contributed by atoms with Crippen molar-refractivity contribution in [2.45, 2.75) is 0 Å². The molecule has 46 heavy (non-hydrogen) atoms. The van der Waals surface area contributed by atoms with Crippen LogP contribution in [0.2, 0.25) is 0 Å². The lowest BCUT2D eigenvalue weighted by atomic mass is 9.82. The van der Waals surface area contributed by atoms with Crippen LogP contribution in [0.15, 0.2) is 182 Å². The molecule has 0 amide bonds. The monoisotopic (exact) mass is 582 g/mol. The van der Waals surface area contributed by atoms with Crippen LogP contribution in [0.3, 0.4) is 0 Å². The lowest BCUT2D eigenvalue weighted by Crippen LogP contribution is -1.94. The third-order valence-electron chi connectivity index (χ3n) is 9.43. The lowest BCUT2D eigenvalue weighted by molar-refractivity contribution is 1.60. The highest BCUT2D eigenvalue weighted by Crippen LogP contribution is 2.48. The molecule has 0 unspecified atom stereocenters. The van der Waals surface area contributed by atoms with Crippen LogP contribution >= 0.6 is 0 Å². The first kappa shape index (κ1) is 26.4. The van der Waals surface area contributed by atoms with Gasteiger partial charge in [0.05, 0.1) is 0 Å². The standard InChI is InChI=1S/C46H30/c1-3-16-31(17-4-1)43-39-26-11-7-22-35(39)37-24-9-13-28-41(37)45(43)33-20-15-21-34(30-33)46-42-29-14-10-25-38(42)36-23-8-12-27-40(36)44(46)32-18-5-2-6-19-32/h1-30H. The fraction of sp³-hybridized carbons (Fsp3) is 0. The lowest BCUT2D eigenvalue weighted by Gasteiger charge is -2.21. The summed E-state index contributed by atoms with van der Waals surface area (Å²) in [6, 6.07) is 66.5. The highest BCUT2D eigenvalue weighted by atomic mass is 14.2. The van der Waals surface area contributed by atoms with Crippen LogP contribution in [-0.4, -0.2) is 0 Å². The molecule has 0 aliphatic carbocycles. The number of hydrogen-bond acceptors (Lipinski definition) is 0. The molecule has 0 spiro atoms. The minimum atomic E-state index is 1.22. The van der Waals surface area contributed by atoms with Gasteiger partial charge in [0.15, 0.2) is 0 Å². The van der Waals surface area contributed by atoms with Crippen molar-refractivity contribution in [3.8, 4) is 44.5 Å². The second-order valence-corrected chi connectivity index (χ2v) is 12.0. The van der Waals surface area contributed by atoms with Crippen molar-refractivity contribution in [1.29, 1.82) is 0 Å². The molecule has 0 atom stereocenters. The summed E-state index contributed by atoms with van der Waals surface area (Å²) in [6.45, 7) is 0. The smallest absolute Gasteiger partial charge is 0.00201 e. The van der Waals surface area contributed by atoms with E-state index in [-0.39, 0.29) is 0 Å². The van der Waals surface area contributed by atoms with E-state index in [1.54, 1.807) is 0 Å². The molecule has 0 fully saturated rings. The molecule has 9 aromatic carbocycles. The van der Waals surface area contributed by atoms with Gasteiger partial charge in [0.25, 0.3) is 0 Å². The van der Waals surface area contributed by atoms with Crippen LogP contribution in [-0.2, 0) is 0 Å². The van der Waals surface area contributed by atoms with Crippen molar-refractivity contribution in [3.05, 3.63) is 182 Å². The Labute approximate surface area is 268 Å². The van der Waals surface area contributed by atoms with Gasteiger partial charge in [-0.2, -0.15) is 0 Å². The Balaban J connectivity index is 1.42. The maximum atomic E-state index is 2.42. The van der Waals surface area contributed by atoms with E-state index in [2.05, 4.69) is 182 Å². The fourth-order valence-electron chi connectivity index (χ4n) is 7.52. The molecule has 0 saturated carbocycles. The van der Waals surface area contributed by atoms with Gasteiger partial charge in [-0.15, -0.1) is 0 Å². The molecule has 0 N–H and O–H groups in total. The van der Waals surface area contributed by atoms with E-state index in [0.717, 1.165) is 0 Å². The summed E-state index contributed by atoms with van der Waals surface area (Å²) in [6.07, 6.45) is 0. The molecule has 9 rings (SSSR count). The zero-order valence-corrected chi connectivity index (χ0v) is 25.3. The summed E-state index contributed by atoms with van der Waals surface area (Å²) in [5.74, 6) is 0. The van der Waals surface area contributed by atoms with Crippen LogP contribution in [0.1, 0.15) is 0 Å². The Bertz CT molecular complexity index is 2380. The molecular formula is C46H30. The highest BCUT2D eigenvalue weighted by molar-refractivity contribution is 6.23. The van der Waals surface area contributed by atoms with E-state index in [9.17, 15) is 0 Å². The van der Waals surface area contributed by atoms with E-state index in [0.29, 0.717) is 0 Å². The highest BCUT2D eigenvalue weighted by Gasteiger charge is 2.20. The Morgan fingerprint density at radius 1 is 0.174 bits per heavy atom. The van der Waals surface area contributed by atoms with E-state index in [1.165, 1.54) is 87.6 Å². The van der Waals surface area contributed by atoms with Crippen LogP contribution < -0.4 is 0 Å². The zero-order valence-electron chi connectivity index (χ0n) is 25.3. The number of rotatable bonds is 4. The van der Waals surface area contributed by atoms with Gasteiger partial charge in [0.1, 0.15) is 0 Å². The fourth-order valence-corrected chi connectivity index (χ4v) is 7.52. The maximum absolute atomic E-state index is 2.42. The zero-order chi connectivity index (χ0) is 30.5. The predicted molar refractivity (Wildman–Crippen MR) is 198 cm³/mol. The van der Waals surface area contributed by atoms with Gasteiger partial charge in [-0.25, -0.2) is 0 Å². The van der Waals surface area contributed by atoms with Crippen LogP contribution in [0.4, 0.5) is 0 Å². The van der Waals surface area contributed by atoms with Crippen molar-refractivity contribution in [2.75, 3.05) is 0 Å². The minimum absolute atomic E-state index is 1.22. The Morgan fingerprint density at radius 2 is 0.413 bits per heavy atom. The summed E-state index contributed by atoms with van der Waals surface area (Å²) in [7, 11) is 0. The SMILES string of the molecule is c1ccc(-c2c(-c3cccc(-c4c(-c5ccccc5)c5ccccc5c5ccccc45)c3)c3ccccc3c3ccccc23)cc1. The topological polar surface area (TPSA) is 0 Å². The normalized spacial score (nSPS) is 11.5. The van der Waals surface area contributed by atoms with Crippen molar-refractivity contribution < 1.29 is 0 Å². The number of hydrogen-bond donors (Lipinski definition) is 0. The summed E-state index contributed by atoms with van der Waals surface area (Å²) in [5.41, 5.74) is 9.99. The maximum Gasteiger partial charge on any atom is -0.00201 e. The Kier molecular flexibility index (Phi) is 6.25. The number of fused-ring (bicyclic) bond motifs is 6. The van der Waals surface area contributed by atoms with Crippen molar-refractivity contribution in [2.24, 2.45) is 0 Å². The molecule has 0 heteroatoms. The quantitative estimate of drug-likeness (QED) is 0.181. The van der Waals surface area contributed by atoms with Gasteiger partial charge in [-0.05, 0) is 93.7 Å². The molecule has 0 saturated heterocycles. The molecular weight excluding hydrogens is 553 g/mol. The summed E-state index contributed by atoms with van der Waals surface area (Å²) in [4.78, 5) is 0. The van der Waals surface area contributed by atoms with E-state index in [1.807, 2.05) is 0 Å². The molecule has 9 aromatic rings. The van der Waals surface area contributed by atoms with Crippen molar-refractivity contribution in [3.63, 3.8) is 0 Å². The average Bonchev–Trinajstić information content (AvgIpc) is 3.14. The van der Waals surface area contributed by atoms with Gasteiger partial charge >= 0.3 is 0 Å². The summed E-state index contributed by atoms with van der Waals surface area (Å²) < 4.78 is 0. The first-order valence-corrected chi connectivity index (χ1v) is 16.0. The molecule has 0 heterocycles. The molecule has 0 nitrogen and oxygen atoms in total. The minimum Gasteiger partial charge on any atom is -0.0622 e. The van der Waals surface area contributed by atoms with Gasteiger partial charge in [-0.1, -0.05) is 176 Å². The first-order valence-electron chi connectivity index (χ1n) is 16.0. The first-order chi connectivity index (χ1) is 22.9. The third kappa shape index (κ3) is 4.15. The second-order valence-electron chi connectivity index (χ2n) is 12.0. The summed E-state index contributed by atoms with van der Waals surface area (Å²) >= 11 is 0. The largest absolute Gasteiger partial charge is 0.0622 e. The summed E-state index contributed by atoms with van der Waals surface area (Å²) in [5, 5.41) is 10.2. The van der Waals surface area contributed by atoms with Gasteiger partial charge < -0.3 is 0 Å².